The zero-order valence-corrected chi connectivity index (χ0v) is 12.9. The summed E-state index contributed by atoms with van der Waals surface area (Å²) >= 11 is 0. The fraction of sp³-hybridized carbons (Fsp3) is 0.800. The predicted octanol–water partition coefficient (Wildman–Crippen LogP) is 2.16. The van der Waals surface area contributed by atoms with Crippen LogP contribution in [-0.2, 0) is 4.79 Å². The van der Waals surface area contributed by atoms with E-state index < -0.39 is 5.97 Å². The Balaban J connectivity index is 2.52. The maximum atomic E-state index is 12.5. The van der Waals surface area contributed by atoms with Crippen molar-refractivity contribution in [2.24, 2.45) is 11.8 Å². The molecule has 0 saturated carbocycles. The molecule has 1 heterocycles. The predicted molar refractivity (Wildman–Crippen MR) is 78.6 cm³/mol. The number of rotatable bonds is 6. The topological polar surface area (TPSA) is 84.6 Å². The van der Waals surface area contributed by atoms with E-state index in [4.69, 9.17) is 10.4 Å². The summed E-state index contributed by atoms with van der Waals surface area (Å²) in [5, 5.41) is 17.5. The van der Waals surface area contributed by atoms with Gasteiger partial charge >= 0.3 is 12.0 Å². The van der Waals surface area contributed by atoms with Crippen molar-refractivity contribution in [3.8, 4) is 6.07 Å². The van der Waals surface area contributed by atoms with Gasteiger partial charge < -0.3 is 14.9 Å². The molecule has 0 aliphatic carbocycles. The molecule has 1 aliphatic heterocycles. The van der Waals surface area contributed by atoms with E-state index in [1.54, 1.807) is 9.80 Å². The van der Waals surface area contributed by atoms with Crippen LogP contribution in [0.3, 0.4) is 0 Å². The number of likely N-dealkylation sites (tertiary alicyclic amines) is 1. The van der Waals surface area contributed by atoms with Crippen molar-refractivity contribution >= 4 is 12.0 Å². The van der Waals surface area contributed by atoms with E-state index in [1.165, 1.54) is 0 Å². The molecule has 0 radical (unpaired) electrons. The van der Waals surface area contributed by atoms with E-state index in [2.05, 4.69) is 6.07 Å². The van der Waals surface area contributed by atoms with E-state index in [-0.39, 0.29) is 18.4 Å². The van der Waals surface area contributed by atoms with Gasteiger partial charge in [0, 0.05) is 32.6 Å². The quantitative estimate of drug-likeness (QED) is 0.813. The minimum absolute atomic E-state index is 0.0206. The first-order chi connectivity index (χ1) is 9.93. The normalized spacial score (nSPS) is 15.8. The molecule has 0 spiro atoms. The van der Waals surface area contributed by atoms with E-state index in [0.29, 0.717) is 38.5 Å². The number of nitriles is 1. The Bertz CT molecular complexity index is 395. The van der Waals surface area contributed by atoms with Crippen LogP contribution in [0.15, 0.2) is 0 Å². The molecule has 1 fully saturated rings. The molecule has 0 aromatic heterocycles. The van der Waals surface area contributed by atoms with Gasteiger partial charge in [0.05, 0.1) is 12.5 Å². The van der Waals surface area contributed by atoms with Gasteiger partial charge in [-0.05, 0) is 24.7 Å². The number of urea groups is 1. The van der Waals surface area contributed by atoms with E-state index in [1.807, 2.05) is 13.8 Å². The number of hydrogen-bond acceptors (Lipinski definition) is 3. The molecule has 0 aromatic rings. The van der Waals surface area contributed by atoms with Crippen LogP contribution in [0, 0.1) is 23.2 Å². The van der Waals surface area contributed by atoms with Gasteiger partial charge in [0.25, 0.3) is 0 Å². The second-order valence-corrected chi connectivity index (χ2v) is 6.06. The summed E-state index contributed by atoms with van der Waals surface area (Å²) < 4.78 is 0. The van der Waals surface area contributed by atoms with E-state index >= 15 is 0 Å². The fourth-order valence-corrected chi connectivity index (χ4v) is 2.67. The summed E-state index contributed by atoms with van der Waals surface area (Å²) in [6.45, 7) is 6.42. The highest BCUT2D eigenvalue weighted by atomic mass is 16.4. The van der Waals surface area contributed by atoms with Crippen molar-refractivity contribution in [2.45, 2.75) is 39.5 Å². The number of carbonyl (C=O) groups excluding carboxylic acids is 1. The number of carbonyl (C=O) groups is 2. The average Bonchev–Trinajstić information content (AvgIpc) is 2.42. The Morgan fingerprint density at radius 2 is 2.00 bits per heavy atom. The minimum atomic E-state index is -0.768. The number of aliphatic carboxylic acids is 1. The molecule has 1 aliphatic rings. The monoisotopic (exact) mass is 295 g/mol. The second kappa shape index (κ2) is 8.50. The summed E-state index contributed by atoms with van der Waals surface area (Å²) in [4.78, 5) is 26.7. The maximum absolute atomic E-state index is 12.5. The van der Waals surface area contributed by atoms with Gasteiger partial charge in [0.15, 0.2) is 0 Å². The SMILES string of the molecule is CC(C)CN(CCC#N)C(=O)N1CCC(CC(=O)O)CC1. The van der Waals surface area contributed by atoms with Crippen LogP contribution in [-0.4, -0.2) is 53.1 Å². The molecule has 0 unspecified atom stereocenters. The molecule has 118 valence electrons. The first kappa shape index (κ1) is 17.3. The highest BCUT2D eigenvalue weighted by Gasteiger charge is 2.27. The molecule has 0 bridgehead atoms. The smallest absolute Gasteiger partial charge is 0.320 e. The van der Waals surface area contributed by atoms with Crippen LogP contribution in [0.1, 0.15) is 39.5 Å². The van der Waals surface area contributed by atoms with Crippen LogP contribution >= 0.6 is 0 Å². The van der Waals surface area contributed by atoms with Crippen molar-refractivity contribution < 1.29 is 14.7 Å². The van der Waals surface area contributed by atoms with Crippen LogP contribution in [0.25, 0.3) is 0 Å². The summed E-state index contributed by atoms with van der Waals surface area (Å²) in [6, 6.07) is 2.06. The average molecular weight is 295 g/mol. The third-order valence-electron chi connectivity index (χ3n) is 3.70. The number of amides is 2. The summed E-state index contributed by atoms with van der Waals surface area (Å²) in [5.74, 6) is -0.239. The standard InChI is InChI=1S/C15H25N3O3/c1-12(2)11-18(7-3-6-16)15(21)17-8-4-13(5-9-17)10-14(19)20/h12-13H,3-5,7-11H2,1-2H3,(H,19,20). The molecule has 6 heteroatoms. The highest BCUT2D eigenvalue weighted by molar-refractivity contribution is 5.74. The second-order valence-electron chi connectivity index (χ2n) is 6.06. The number of piperidine rings is 1. The molecule has 1 N–H and O–H groups in total. The Morgan fingerprint density at radius 1 is 1.38 bits per heavy atom. The van der Waals surface area contributed by atoms with Gasteiger partial charge in [-0.2, -0.15) is 5.26 Å². The lowest BCUT2D eigenvalue weighted by molar-refractivity contribution is -0.138. The summed E-state index contributed by atoms with van der Waals surface area (Å²) in [5.41, 5.74) is 0. The van der Waals surface area contributed by atoms with Gasteiger partial charge in [-0.3, -0.25) is 4.79 Å². The van der Waals surface area contributed by atoms with Crippen LogP contribution in [0.2, 0.25) is 0 Å². The van der Waals surface area contributed by atoms with Crippen LogP contribution in [0.5, 0.6) is 0 Å². The number of hydrogen-bond donors (Lipinski definition) is 1. The van der Waals surface area contributed by atoms with Gasteiger partial charge in [-0.15, -0.1) is 0 Å². The Morgan fingerprint density at radius 3 is 2.48 bits per heavy atom. The van der Waals surface area contributed by atoms with Crippen molar-refractivity contribution in [3.05, 3.63) is 0 Å². The van der Waals surface area contributed by atoms with E-state index in [0.717, 1.165) is 12.8 Å². The van der Waals surface area contributed by atoms with Gasteiger partial charge in [0.2, 0.25) is 0 Å². The first-order valence-electron chi connectivity index (χ1n) is 7.56. The van der Waals surface area contributed by atoms with Crippen LogP contribution in [0.4, 0.5) is 4.79 Å². The summed E-state index contributed by atoms with van der Waals surface area (Å²) in [7, 11) is 0. The lowest BCUT2D eigenvalue weighted by Crippen LogP contribution is -2.48. The van der Waals surface area contributed by atoms with Crippen molar-refractivity contribution in [3.63, 3.8) is 0 Å². The fourth-order valence-electron chi connectivity index (χ4n) is 2.67. The van der Waals surface area contributed by atoms with Crippen LogP contribution < -0.4 is 0 Å². The molecule has 2 amide bonds. The molecule has 1 saturated heterocycles. The zero-order chi connectivity index (χ0) is 15.8. The Hall–Kier alpha value is -1.77. The third-order valence-corrected chi connectivity index (χ3v) is 3.70. The highest BCUT2D eigenvalue weighted by Crippen LogP contribution is 2.21. The molecule has 21 heavy (non-hydrogen) atoms. The maximum Gasteiger partial charge on any atom is 0.320 e. The molecule has 6 nitrogen and oxygen atoms in total. The van der Waals surface area contributed by atoms with Gasteiger partial charge in [0.1, 0.15) is 0 Å². The summed E-state index contributed by atoms with van der Waals surface area (Å²) in [6.07, 6.45) is 2.01. The van der Waals surface area contributed by atoms with E-state index in [9.17, 15) is 9.59 Å². The lowest BCUT2D eigenvalue weighted by Gasteiger charge is -2.36. The van der Waals surface area contributed by atoms with Gasteiger partial charge in [-0.25, -0.2) is 4.79 Å². The molecular formula is C15H25N3O3. The number of nitrogens with zero attached hydrogens (tertiary/aromatic N) is 3. The van der Waals surface area contributed by atoms with Gasteiger partial charge in [-0.1, -0.05) is 13.8 Å². The van der Waals surface area contributed by atoms with Crippen molar-refractivity contribution in [2.75, 3.05) is 26.2 Å². The van der Waals surface area contributed by atoms with Crippen molar-refractivity contribution in [1.82, 2.24) is 9.80 Å². The Kier molecular flexibility index (Phi) is 7.00. The molecule has 0 atom stereocenters. The van der Waals surface area contributed by atoms with Crippen molar-refractivity contribution in [1.29, 1.82) is 5.26 Å². The molecule has 0 aromatic carbocycles. The minimum Gasteiger partial charge on any atom is -0.481 e. The number of carboxylic acid groups (broad SMARTS) is 1. The lowest BCUT2D eigenvalue weighted by atomic mass is 9.94. The Labute approximate surface area is 126 Å². The molecular weight excluding hydrogens is 270 g/mol. The zero-order valence-electron chi connectivity index (χ0n) is 12.9. The number of carboxylic acids is 1. The largest absolute Gasteiger partial charge is 0.481 e. The third kappa shape index (κ3) is 6.03. The molecule has 1 rings (SSSR count). The first-order valence-corrected chi connectivity index (χ1v) is 7.56.